The molecule has 0 aromatic heterocycles. The Labute approximate surface area is 181 Å². The zero-order chi connectivity index (χ0) is 21.3. The van der Waals surface area contributed by atoms with Crippen molar-refractivity contribution < 1.29 is 19.4 Å². The number of nitrogens with zero attached hydrogens (tertiary/aromatic N) is 1. The Morgan fingerprint density at radius 2 is 1.67 bits per heavy atom. The molecule has 1 aliphatic carbocycles. The minimum atomic E-state index is -0.936. The normalized spacial score (nSPS) is 18.6. The van der Waals surface area contributed by atoms with Gasteiger partial charge in [-0.1, -0.05) is 35.9 Å². The molecule has 2 aromatic carbocycles. The van der Waals surface area contributed by atoms with Gasteiger partial charge in [0.1, 0.15) is 6.61 Å². The zero-order valence-electron chi connectivity index (χ0n) is 16.8. The molecule has 160 valence electrons. The summed E-state index contributed by atoms with van der Waals surface area (Å²) in [6.07, 6.45) is 3.95. The van der Waals surface area contributed by atoms with Crippen LogP contribution in [0.15, 0.2) is 54.6 Å². The number of aliphatic carboxylic acids is 1. The van der Waals surface area contributed by atoms with Crippen LogP contribution in [0.5, 0.6) is 0 Å². The van der Waals surface area contributed by atoms with Crippen molar-refractivity contribution in [2.75, 3.05) is 24.7 Å². The molecule has 0 atom stereocenters. The standard InChI is InChI=1S/C23H27ClN2O4/c24-19-5-4-8-21(13-19)26(20-6-2-1-3-7-20)23(29)25-14-17-9-11-18(12-10-17)15-30-16-22(27)28/h1-8,13,17-18H,9-12,14-16H2,(H,25,29)(H,27,28). The van der Waals surface area contributed by atoms with Crippen molar-refractivity contribution in [3.63, 3.8) is 0 Å². The SMILES string of the molecule is O=C(O)COCC1CCC(CNC(=O)N(c2ccccc2)c2cccc(Cl)c2)CC1. The second-order valence-corrected chi connectivity index (χ2v) is 8.07. The van der Waals surface area contributed by atoms with Crippen molar-refractivity contribution in [3.8, 4) is 0 Å². The number of amides is 2. The second-order valence-electron chi connectivity index (χ2n) is 7.63. The summed E-state index contributed by atoms with van der Waals surface area (Å²) in [5, 5.41) is 12.3. The number of carboxylic acids is 1. The average Bonchev–Trinajstić information content (AvgIpc) is 2.74. The van der Waals surface area contributed by atoms with Gasteiger partial charge in [0, 0.05) is 11.6 Å². The molecule has 0 saturated heterocycles. The number of ether oxygens (including phenoxy) is 1. The quantitative estimate of drug-likeness (QED) is 0.611. The monoisotopic (exact) mass is 430 g/mol. The molecule has 1 fully saturated rings. The summed E-state index contributed by atoms with van der Waals surface area (Å²) in [5.74, 6) is -0.140. The lowest BCUT2D eigenvalue weighted by atomic mass is 9.82. The molecule has 30 heavy (non-hydrogen) atoms. The van der Waals surface area contributed by atoms with Crippen LogP contribution in [0.4, 0.5) is 16.2 Å². The Balaban J connectivity index is 1.55. The second kappa shape index (κ2) is 11.0. The van der Waals surface area contributed by atoms with Gasteiger partial charge in [0.2, 0.25) is 0 Å². The molecule has 0 aliphatic heterocycles. The van der Waals surface area contributed by atoms with Crippen LogP contribution < -0.4 is 10.2 Å². The minimum absolute atomic E-state index is 0.185. The number of halogens is 1. The lowest BCUT2D eigenvalue weighted by Gasteiger charge is -2.29. The van der Waals surface area contributed by atoms with Crippen LogP contribution in [0.25, 0.3) is 0 Å². The van der Waals surface area contributed by atoms with E-state index in [1.807, 2.05) is 42.5 Å². The first-order chi connectivity index (χ1) is 14.5. The fourth-order valence-electron chi connectivity index (χ4n) is 3.80. The molecule has 2 aromatic rings. The molecule has 0 unspecified atom stereocenters. The van der Waals surface area contributed by atoms with E-state index in [-0.39, 0.29) is 12.6 Å². The van der Waals surface area contributed by atoms with E-state index in [0.29, 0.717) is 35.7 Å². The maximum absolute atomic E-state index is 13.1. The summed E-state index contributed by atoms with van der Waals surface area (Å²) >= 11 is 6.15. The summed E-state index contributed by atoms with van der Waals surface area (Å²) in [5.41, 5.74) is 1.49. The molecule has 3 rings (SSSR count). The van der Waals surface area contributed by atoms with E-state index in [1.165, 1.54) is 0 Å². The lowest BCUT2D eigenvalue weighted by Crippen LogP contribution is -2.40. The van der Waals surface area contributed by atoms with Crippen molar-refractivity contribution in [2.24, 2.45) is 11.8 Å². The van der Waals surface area contributed by atoms with Crippen molar-refractivity contribution in [1.82, 2.24) is 5.32 Å². The number of urea groups is 1. The van der Waals surface area contributed by atoms with Crippen molar-refractivity contribution in [1.29, 1.82) is 0 Å². The molecule has 2 amide bonds. The maximum Gasteiger partial charge on any atom is 0.329 e. The van der Waals surface area contributed by atoms with Gasteiger partial charge in [0.15, 0.2) is 0 Å². The van der Waals surface area contributed by atoms with E-state index in [2.05, 4.69) is 5.32 Å². The van der Waals surface area contributed by atoms with Gasteiger partial charge < -0.3 is 15.2 Å². The predicted octanol–water partition coefficient (Wildman–Crippen LogP) is 5.10. The smallest absolute Gasteiger partial charge is 0.329 e. The highest BCUT2D eigenvalue weighted by Gasteiger charge is 2.24. The Hall–Kier alpha value is -2.57. The number of carbonyl (C=O) groups is 2. The number of hydrogen-bond donors (Lipinski definition) is 2. The lowest BCUT2D eigenvalue weighted by molar-refractivity contribution is -0.142. The van der Waals surface area contributed by atoms with Gasteiger partial charge in [-0.3, -0.25) is 4.90 Å². The van der Waals surface area contributed by atoms with Gasteiger partial charge in [-0.15, -0.1) is 0 Å². The molecular weight excluding hydrogens is 404 g/mol. The van der Waals surface area contributed by atoms with Crippen LogP contribution in [-0.2, 0) is 9.53 Å². The van der Waals surface area contributed by atoms with Crippen LogP contribution in [0.3, 0.4) is 0 Å². The van der Waals surface area contributed by atoms with E-state index in [1.54, 1.807) is 17.0 Å². The van der Waals surface area contributed by atoms with Gasteiger partial charge in [-0.25, -0.2) is 9.59 Å². The van der Waals surface area contributed by atoms with Crippen LogP contribution in [-0.4, -0.2) is 36.9 Å². The van der Waals surface area contributed by atoms with E-state index >= 15 is 0 Å². The summed E-state index contributed by atoms with van der Waals surface area (Å²) in [4.78, 5) is 25.2. The molecule has 1 aliphatic rings. The molecule has 2 N–H and O–H groups in total. The number of rotatable bonds is 8. The average molecular weight is 431 g/mol. The molecule has 0 spiro atoms. The van der Waals surface area contributed by atoms with Crippen LogP contribution in [0.1, 0.15) is 25.7 Å². The Morgan fingerprint density at radius 3 is 2.33 bits per heavy atom. The van der Waals surface area contributed by atoms with Crippen molar-refractivity contribution in [2.45, 2.75) is 25.7 Å². The van der Waals surface area contributed by atoms with Crippen LogP contribution in [0, 0.1) is 11.8 Å². The van der Waals surface area contributed by atoms with Gasteiger partial charge >= 0.3 is 12.0 Å². The third-order valence-corrected chi connectivity index (χ3v) is 5.61. The highest BCUT2D eigenvalue weighted by atomic mass is 35.5. The molecular formula is C23H27ClN2O4. The van der Waals surface area contributed by atoms with Gasteiger partial charge in [0.05, 0.1) is 18.0 Å². The number of nitrogens with one attached hydrogen (secondary N) is 1. The topological polar surface area (TPSA) is 78.9 Å². The van der Waals surface area contributed by atoms with Crippen molar-refractivity contribution in [3.05, 3.63) is 59.6 Å². The molecule has 0 bridgehead atoms. The fraction of sp³-hybridized carbons (Fsp3) is 0.391. The largest absolute Gasteiger partial charge is 0.480 e. The number of carboxylic acid groups (broad SMARTS) is 1. The number of para-hydroxylation sites is 1. The van der Waals surface area contributed by atoms with Crippen LogP contribution >= 0.6 is 11.6 Å². The van der Waals surface area contributed by atoms with E-state index < -0.39 is 5.97 Å². The third-order valence-electron chi connectivity index (χ3n) is 5.37. The predicted molar refractivity (Wildman–Crippen MR) is 117 cm³/mol. The number of benzene rings is 2. The van der Waals surface area contributed by atoms with Gasteiger partial charge in [-0.2, -0.15) is 0 Å². The first-order valence-corrected chi connectivity index (χ1v) is 10.6. The molecule has 0 radical (unpaired) electrons. The first-order valence-electron chi connectivity index (χ1n) is 10.2. The summed E-state index contributed by atoms with van der Waals surface area (Å²) in [6.45, 7) is 0.849. The highest BCUT2D eigenvalue weighted by molar-refractivity contribution is 6.31. The van der Waals surface area contributed by atoms with Gasteiger partial charge in [0.25, 0.3) is 0 Å². The highest BCUT2D eigenvalue weighted by Crippen LogP contribution is 2.30. The Morgan fingerprint density at radius 1 is 1.00 bits per heavy atom. The molecule has 1 saturated carbocycles. The summed E-state index contributed by atoms with van der Waals surface area (Å²) < 4.78 is 5.22. The Bertz CT molecular complexity index is 838. The van der Waals surface area contributed by atoms with E-state index in [9.17, 15) is 9.59 Å². The first kappa shape index (κ1) is 22.1. The maximum atomic E-state index is 13.1. The summed E-state index contributed by atoms with van der Waals surface area (Å²) in [7, 11) is 0. The number of anilines is 2. The zero-order valence-corrected chi connectivity index (χ0v) is 17.6. The minimum Gasteiger partial charge on any atom is -0.480 e. The van der Waals surface area contributed by atoms with Crippen LogP contribution in [0.2, 0.25) is 5.02 Å². The van der Waals surface area contributed by atoms with Crippen molar-refractivity contribution >= 4 is 35.0 Å². The van der Waals surface area contributed by atoms with E-state index in [4.69, 9.17) is 21.4 Å². The summed E-state index contributed by atoms with van der Waals surface area (Å²) in [6, 6.07) is 16.6. The Kier molecular flexibility index (Phi) is 8.11. The molecule has 0 heterocycles. The molecule has 6 nitrogen and oxygen atoms in total. The fourth-order valence-corrected chi connectivity index (χ4v) is 3.99. The third kappa shape index (κ3) is 6.47. The van der Waals surface area contributed by atoms with Gasteiger partial charge in [-0.05, 0) is 67.9 Å². The number of carbonyl (C=O) groups excluding carboxylic acids is 1. The molecule has 7 heteroatoms. The number of hydrogen-bond acceptors (Lipinski definition) is 3. The van der Waals surface area contributed by atoms with E-state index in [0.717, 1.165) is 31.4 Å².